The van der Waals surface area contributed by atoms with Crippen LogP contribution in [0, 0.1) is 10.1 Å². The van der Waals surface area contributed by atoms with Crippen LogP contribution in [0.4, 0.5) is 11.4 Å². The molecule has 32 heavy (non-hydrogen) atoms. The van der Waals surface area contributed by atoms with Crippen LogP contribution in [0.15, 0.2) is 45.9 Å². The van der Waals surface area contributed by atoms with Gasteiger partial charge in [0.05, 0.1) is 22.6 Å². The average Bonchev–Trinajstić information content (AvgIpc) is 3.28. The first-order valence-electron chi connectivity index (χ1n) is 9.61. The van der Waals surface area contributed by atoms with E-state index in [0.29, 0.717) is 12.2 Å². The van der Waals surface area contributed by atoms with Gasteiger partial charge in [0.15, 0.2) is 6.61 Å². The molecule has 0 bridgehead atoms. The fourth-order valence-corrected chi connectivity index (χ4v) is 3.42. The largest absolute Gasteiger partial charge is 0.467 e. The minimum Gasteiger partial charge on any atom is -0.467 e. The molecule has 0 aliphatic carbocycles. The van der Waals surface area contributed by atoms with Gasteiger partial charge in [-0.3, -0.25) is 19.7 Å². The van der Waals surface area contributed by atoms with Crippen molar-refractivity contribution in [1.82, 2.24) is 10.0 Å². The van der Waals surface area contributed by atoms with E-state index in [0.717, 1.165) is 12.1 Å². The molecule has 12 nitrogen and oxygen atoms in total. The van der Waals surface area contributed by atoms with Crippen molar-refractivity contribution in [3.05, 3.63) is 52.5 Å². The van der Waals surface area contributed by atoms with Crippen LogP contribution in [0.5, 0.6) is 0 Å². The molecule has 1 aromatic heterocycles. The van der Waals surface area contributed by atoms with Crippen molar-refractivity contribution < 1.29 is 32.1 Å². The molecular weight excluding hydrogens is 444 g/mol. The highest BCUT2D eigenvalue weighted by atomic mass is 32.2. The van der Waals surface area contributed by atoms with E-state index < -0.39 is 50.6 Å². The van der Waals surface area contributed by atoms with Gasteiger partial charge in [0.25, 0.3) is 11.6 Å². The molecule has 1 atom stereocenters. The number of ether oxygens (including phenoxy) is 1. The number of carbonyl (C=O) groups is 2. The van der Waals surface area contributed by atoms with E-state index in [1.807, 2.05) is 11.6 Å². The number of hydrogen-bond acceptors (Lipinski definition) is 9. The second-order valence-corrected chi connectivity index (χ2v) is 8.50. The molecule has 0 aliphatic heterocycles. The van der Waals surface area contributed by atoms with Crippen molar-refractivity contribution in [3.8, 4) is 0 Å². The quantitative estimate of drug-likeness (QED) is 0.237. The van der Waals surface area contributed by atoms with E-state index in [9.17, 15) is 28.1 Å². The molecule has 2 rings (SSSR count). The third-order valence-electron chi connectivity index (χ3n) is 4.30. The standard InChI is InChI=1S/C19H24N4O8S/c1-3-13(2)22-18(24)12-31-19(25)11-21-32(28,29)15-6-7-16(17(9-15)23(26)27)20-10-14-5-4-8-30-14/h4-9,13,20-21H,3,10-12H2,1-2H3,(H,22,24). The van der Waals surface area contributed by atoms with E-state index in [1.54, 1.807) is 19.1 Å². The predicted octanol–water partition coefficient (Wildman–Crippen LogP) is 1.54. The summed E-state index contributed by atoms with van der Waals surface area (Å²) in [5.74, 6) is -0.947. The number of rotatable bonds is 12. The smallest absolute Gasteiger partial charge is 0.321 e. The second kappa shape index (κ2) is 11.2. The molecule has 174 valence electrons. The first-order valence-corrected chi connectivity index (χ1v) is 11.1. The molecule has 3 N–H and O–H groups in total. The maximum Gasteiger partial charge on any atom is 0.321 e. The van der Waals surface area contributed by atoms with Gasteiger partial charge in [-0.25, -0.2) is 8.42 Å². The highest BCUT2D eigenvalue weighted by Gasteiger charge is 2.22. The fourth-order valence-electron chi connectivity index (χ4n) is 2.43. The van der Waals surface area contributed by atoms with Gasteiger partial charge in [0, 0.05) is 12.1 Å². The molecule has 0 radical (unpaired) electrons. The first kappa shape index (κ1) is 24.8. The van der Waals surface area contributed by atoms with Crippen LogP contribution >= 0.6 is 0 Å². The normalized spacial score (nSPS) is 12.1. The minimum atomic E-state index is -4.25. The zero-order valence-electron chi connectivity index (χ0n) is 17.5. The molecule has 0 fully saturated rings. The van der Waals surface area contributed by atoms with Crippen molar-refractivity contribution in [3.63, 3.8) is 0 Å². The number of amides is 1. The summed E-state index contributed by atoms with van der Waals surface area (Å²) < 4.78 is 36.7. The summed E-state index contributed by atoms with van der Waals surface area (Å²) in [6.07, 6.45) is 2.15. The third kappa shape index (κ3) is 7.35. The molecule has 0 saturated carbocycles. The van der Waals surface area contributed by atoms with Crippen LogP contribution in [-0.2, 0) is 30.9 Å². The van der Waals surface area contributed by atoms with Gasteiger partial charge in [-0.1, -0.05) is 6.92 Å². The van der Waals surface area contributed by atoms with E-state index >= 15 is 0 Å². The van der Waals surface area contributed by atoms with Crippen LogP contribution in [0.1, 0.15) is 26.0 Å². The number of benzene rings is 1. The van der Waals surface area contributed by atoms with E-state index in [1.165, 1.54) is 12.3 Å². The molecule has 13 heteroatoms. The van der Waals surface area contributed by atoms with Crippen LogP contribution in [-0.4, -0.2) is 44.4 Å². The van der Waals surface area contributed by atoms with Gasteiger partial charge in [-0.05, 0) is 37.6 Å². The molecule has 1 unspecified atom stereocenters. The summed E-state index contributed by atoms with van der Waals surface area (Å²) in [6, 6.07) is 6.52. The van der Waals surface area contributed by atoms with Gasteiger partial charge in [0.1, 0.15) is 18.0 Å². The van der Waals surface area contributed by atoms with E-state index in [4.69, 9.17) is 9.15 Å². The molecular formula is C19H24N4O8S. The van der Waals surface area contributed by atoms with Gasteiger partial charge in [0.2, 0.25) is 10.0 Å². The molecule has 0 spiro atoms. The Morgan fingerprint density at radius 2 is 2.03 bits per heavy atom. The number of nitro groups is 1. The van der Waals surface area contributed by atoms with Crippen LogP contribution < -0.4 is 15.4 Å². The maximum atomic E-state index is 12.4. The van der Waals surface area contributed by atoms with E-state index in [-0.39, 0.29) is 18.3 Å². The lowest BCUT2D eigenvalue weighted by atomic mass is 10.2. The monoisotopic (exact) mass is 468 g/mol. The number of nitrogens with one attached hydrogen (secondary N) is 3. The van der Waals surface area contributed by atoms with Gasteiger partial charge < -0.3 is 19.8 Å². The summed E-state index contributed by atoms with van der Waals surface area (Å²) in [6.45, 7) is 2.52. The number of nitro benzene ring substituents is 1. The molecule has 0 aliphatic rings. The van der Waals surface area contributed by atoms with Crippen molar-refractivity contribution in [1.29, 1.82) is 0 Å². The Bertz CT molecular complexity index is 1050. The summed E-state index contributed by atoms with van der Waals surface area (Å²) >= 11 is 0. The Morgan fingerprint density at radius 3 is 2.66 bits per heavy atom. The Morgan fingerprint density at radius 1 is 1.28 bits per heavy atom. The number of hydrogen-bond donors (Lipinski definition) is 3. The van der Waals surface area contributed by atoms with Crippen molar-refractivity contribution in [2.75, 3.05) is 18.5 Å². The van der Waals surface area contributed by atoms with E-state index in [2.05, 4.69) is 10.6 Å². The summed E-state index contributed by atoms with van der Waals surface area (Å²) in [4.78, 5) is 33.6. The summed E-state index contributed by atoms with van der Waals surface area (Å²) in [5.41, 5.74) is -0.374. The number of carbonyl (C=O) groups excluding carboxylic acids is 2. The molecule has 2 aromatic rings. The zero-order valence-corrected chi connectivity index (χ0v) is 18.3. The lowest BCUT2D eigenvalue weighted by Gasteiger charge is -2.12. The third-order valence-corrected chi connectivity index (χ3v) is 5.70. The SMILES string of the molecule is CCC(C)NC(=O)COC(=O)CNS(=O)(=O)c1ccc(NCc2ccco2)c([N+](=O)[O-])c1. The Kier molecular flexibility index (Phi) is 8.72. The predicted molar refractivity (Wildman–Crippen MR) is 113 cm³/mol. The van der Waals surface area contributed by atoms with Crippen molar-refractivity contribution in [2.24, 2.45) is 0 Å². The van der Waals surface area contributed by atoms with Gasteiger partial charge in [-0.15, -0.1) is 0 Å². The average molecular weight is 468 g/mol. The van der Waals surface area contributed by atoms with Crippen LogP contribution in [0.25, 0.3) is 0 Å². The maximum absolute atomic E-state index is 12.4. The van der Waals surface area contributed by atoms with Crippen LogP contribution in [0.2, 0.25) is 0 Å². The number of furan rings is 1. The van der Waals surface area contributed by atoms with Crippen LogP contribution in [0.3, 0.4) is 0 Å². The van der Waals surface area contributed by atoms with Gasteiger partial charge >= 0.3 is 5.97 Å². The first-order chi connectivity index (χ1) is 15.1. The minimum absolute atomic E-state index is 0.0907. The highest BCUT2D eigenvalue weighted by Crippen LogP contribution is 2.28. The molecule has 1 amide bonds. The molecule has 1 aromatic carbocycles. The molecule has 1 heterocycles. The number of anilines is 1. The topological polar surface area (TPSA) is 170 Å². The number of esters is 1. The Labute approximate surface area is 184 Å². The Balaban J connectivity index is 1.98. The van der Waals surface area contributed by atoms with Gasteiger partial charge in [-0.2, -0.15) is 4.72 Å². The zero-order chi connectivity index (χ0) is 23.7. The molecule has 0 saturated heterocycles. The summed E-state index contributed by atoms with van der Waals surface area (Å²) in [5, 5.41) is 16.8. The Hall–Kier alpha value is -3.45. The van der Waals surface area contributed by atoms with Crippen molar-refractivity contribution in [2.45, 2.75) is 37.8 Å². The lowest BCUT2D eigenvalue weighted by Crippen LogP contribution is -2.37. The number of sulfonamides is 1. The van der Waals surface area contributed by atoms with Crippen molar-refractivity contribution >= 4 is 33.3 Å². The number of nitrogens with zero attached hydrogens (tertiary/aromatic N) is 1. The fraction of sp³-hybridized carbons (Fsp3) is 0.368. The highest BCUT2D eigenvalue weighted by molar-refractivity contribution is 7.89. The second-order valence-electron chi connectivity index (χ2n) is 6.73. The lowest BCUT2D eigenvalue weighted by molar-refractivity contribution is -0.384. The summed E-state index contributed by atoms with van der Waals surface area (Å²) in [7, 11) is -4.25.